The van der Waals surface area contributed by atoms with Crippen LogP contribution in [0.3, 0.4) is 0 Å². The molecule has 0 saturated carbocycles. The van der Waals surface area contributed by atoms with Crippen LogP contribution < -0.4 is 4.74 Å². The molecule has 1 N–H and O–H groups in total. The van der Waals surface area contributed by atoms with E-state index in [-0.39, 0.29) is 11.3 Å². The van der Waals surface area contributed by atoms with Crippen molar-refractivity contribution in [2.45, 2.75) is 25.8 Å². The average Bonchev–Trinajstić information content (AvgIpc) is 2.96. The second-order valence-electron chi connectivity index (χ2n) is 6.45. The molecular formula is C22H23NO4. The lowest BCUT2D eigenvalue weighted by molar-refractivity contribution is -0.139. The van der Waals surface area contributed by atoms with Gasteiger partial charge in [-0.3, -0.25) is 9.59 Å². The molecule has 0 aromatic heterocycles. The van der Waals surface area contributed by atoms with Crippen molar-refractivity contribution >= 4 is 17.4 Å². The fraction of sp³-hybridized carbons (Fsp3) is 0.273. The van der Waals surface area contributed by atoms with Crippen LogP contribution >= 0.6 is 0 Å². The number of carbonyl (C=O) groups excluding carboxylic acids is 2. The number of para-hydroxylation sites is 1. The van der Waals surface area contributed by atoms with Gasteiger partial charge in [0.15, 0.2) is 0 Å². The fourth-order valence-electron chi connectivity index (χ4n) is 3.41. The van der Waals surface area contributed by atoms with Crippen LogP contribution in [-0.4, -0.2) is 35.4 Å². The summed E-state index contributed by atoms with van der Waals surface area (Å²) in [6.45, 7) is 2.47. The highest BCUT2D eigenvalue weighted by atomic mass is 16.5. The lowest BCUT2D eigenvalue weighted by Gasteiger charge is -2.26. The van der Waals surface area contributed by atoms with E-state index in [1.54, 1.807) is 37.4 Å². The van der Waals surface area contributed by atoms with Gasteiger partial charge in [-0.1, -0.05) is 61.9 Å². The minimum Gasteiger partial charge on any atom is -0.507 e. The molecule has 1 heterocycles. The number of amides is 1. The second kappa shape index (κ2) is 8.08. The molecule has 1 atom stereocenters. The molecule has 0 spiro atoms. The topological polar surface area (TPSA) is 66.8 Å². The van der Waals surface area contributed by atoms with Gasteiger partial charge in [-0.2, -0.15) is 0 Å². The number of ketones is 1. The summed E-state index contributed by atoms with van der Waals surface area (Å²) in [6, 6.07) is 15.4. The SMILES string of the molecule is CCCCN1C(=O)C(=O)C(=C(O)c2ccccc2)C1c1ccccc1OC. The zero-order valence-electron chi connectivity index (χ0n) is 15.5. The molecule has 0 radical (unpaired) electrons. The van der Waals surface area contributed by atoms with Crippen molar-refractivity contribution in [1.82, 2.24) is 4.90 Å². The molecule has 2 aromatic rings. The molecule has 1 saturated heterocycles. The van der Waals surface area contributed by atoms with E-state index in [0.717, 1.165) is 12.8 Å². The Bertz CT molecular complexity index is 873. The number of unbranched alkanes of at least 4 members (excludes halogenated alkanes) is 1. The summed E-state index contributed by atoms with van der Waals surface area (Å²) in [5.41, 5.74) is 1.30. The number of aliphatic hydroxyl groups is 1. The number of nitrogens with zero attached hydrogens (tertiary/aromatic N) is 1. The van der Waals surface area contributed by atoms with E-state index in [0.29, 0.717) is 23.4 Å². The van der Waals surface area contributed by atoms with E-state index in [2.05, 4.69) is 0 Å². The Morgan fingerprint density at radius 2 is 1.74 bits per heavy atom. The number of Topliss-reactive ketones (excluding diaryl/α,β-unsaturated/α-hetero) is 1. The molecule has 1 fully saturated rings. The van der Waals surface area contributed by atoms with Gasteiger partial charge in [0.25, 0.3) is 11.7 Å². The molecule has 0 bridgehead atoms. The Morgan fingerprint density at radius 1 is 1.07 bits per heavy atom. The number of carbonyl (C=O) groups is 2. The van der Waals surface area contributed by atoms with Crippen molar-refractivity contribution in [2.24, 2.45) is 0 Å². The smallest absolute Gasteiger partial charge is 0.295 e. The van der Waals surface area contributed by atoms with Gasteiger partial charge >= 0.3 is 0 Å². The number of aliphatic hydroxyl groups excluding tert-OH is 1. The third kappa shape index (κ3) is 3.45. The van der Waals surface area contributed by atoms with Crippen LogP contribution in [0.4, 0.5) is 0 Å². The summed E-state index contributed by atoms with van der Waals surface area (Å²) in [6.07, 6.45) is 1.66. The quantitative estimate of drug-likeness (QED) is 0.479. The first-order valence-corrected chi connectivity index (χ1v) is 9.06. The maximum Gasteiger partial charge on any atom is 0.295 e. The molecule has 3 rings (SSSR count). The summed E-state index contributed by atoms with van der Waals surface area (Å²) in [7, 11) is 1.55. The first-order chi connectivity index (χ1) is 13.1. The molecule has 2 aromatic carbocycles. The molecule has 1 unspecified atom stereocenters. The molecule has 1 aliphatic rings. The van der Waals surface area contributed by atoms with Crippen LogP contribution in [0.1, 0.15) is 36.9 Å². The number of hydrogen-bond donors (Lipinski definition) is 1. The number of ether oxygens (including phenoxy) is 1. The highest BCUT2D eigenvalue weighted by Crippen LogP contribution is 2.42. The lowest BCUT2D eigenvalue weighted by atomic mass is 9.94. The number of rotatable bonds is 6. The Kier molecular flexibility index (Phi) is 5.60. The molecule has 0 aliphatic carbocycles. The number of benzene rings is 2. The van der Waals surface area contributed by atoms with Crippen molar-refractivity contribution in [1.29, 1.82) is 0 Å². The van der Waals surface area contributed by atoms with Gasteiger partial charge < -0.3 is 14.7 Å². The highest BCUT2D eigenvalue weighted by Gasteiger charge is 2.46. The molecule has 5 nitrogen and oxygen atoms in total. The minimum absolute atomic E-state index is 0.104. The monoisotopic (exact) mass is 365 g/mol. The summed E-state index contributed by atoms with van der Waals surface area (Å²) in [5, 5.41) is 10.9. The van der Waals surface area contributed by atoms with Gasteiger partial charge in [0.1, 0.15) is 11.5 Å². The van der Waals surface area contributed by atoms with Crippen LogP contribution in [0.15, 0.2) is 60.2 Å². The molecule has 1 aliphatic heterocycles. The summed E-state index contributed by atoms with van der Waals surface area (Å²) >= 11 is 0. The van der Waals surface area contributed by atoms with Crippen LogP contribution in [0, 0.1) is 0 Å². The Balaban J connectivity index is 2.20. The van der Waals surface area contributed by atoms with Crippen molar-refractivity contribution < 1.29 is 19.4 Å². The normalized spacial score (nSPS) is 18.7. The van der Waals surface area contributed by atoms with Gasteiger partial charge in [-0.25, -0.2) is 0 Å². The minimum atomic E-state index is -0.673. The number of likely N-dealkylation sites (tertiary alicyclic amines) is 1. The molecule has 5 heteroatoms. The first kappa shape index (κ1) is 18.7. The van der Waals surface area contributed by atoms with E-state index >= 15 is 0 Å². The van der Waals surface area contributed by atoms with Crippen LogP contribution in [0.25, 0.3) is 5.76 Å². The highest BCUT2D eigenvalue weighted by molar-refractivity contribution is 6.46. The molecule has 27 heavy (non-hydrogen) atoms. The van der Waals surface area contributed by atoms with Crippen LogP contribution in [0.2, 0.25) is 0 Å². The van der Waals surface area contributed by atoms with E-state index in [1.807, 2.05) is 31.2 Å². The summed E-state index contributed by atoms with van der Waals surface area (Å²) in [4.78, 5) is 27.1. The lowest BCUT2D eigenvalue weighted by Crippen LogP contribution is -2.30. The Labute approximate surface area is 158 Å². The second-order valence-corrected chi connectivity index (χ2v) is 6.45. The van der Waals surface area contributed by atoms with Crippen LogP contribution in [-0.2, 0) is 9.59 Å². The van der Waals surface area contributed by atoms with Crippen molar-refractivity contribution in [2.75, 3.05) is 13.7 Å². The van der Waals surface area contributed by atoms with Gasteiger partial charge in [-0.05, 0) is 12.5 Å². The van der Waals surface area contributed by atoms with E-state index in [4.69, 9.17) is 4.74 Å². The van der Waals surface area contributed by atoms with E-state index < -0.39 is 17.7 Å². The molecule has 140 valence electrons. The predicted molar refractivity (Wildman–Crippen MR) is 103 cm³/mol. The average molecular weight is 365 g/mol. The number of hydrogen-bond acceptors (Lipinski definition) is 4. The first-order valence-electron chi connectivity index (χ1n) is 9.06. The maximum absolute atomic E-state index is 12.8. The molecule has 1 amide bonds. The van der Waals surface area contributed by atoms with E-state index in [1.165, 1.54) is 4.90 Å². The third-order valence-corrected chi connectivity index (χ3v) is 4.77. The standard InChI is InChI=1S/C22H23NO4/c1-3-4-14-23-19(16-12-8-9-13-17(16)27-2)18(21(25)22(23)26)20(24)15-10-6-5-7-11-15/h5-13,19,24H,3-4,14H2,1-2H3. The summed E-state index contributed by atoms with van der Waals surface area (Å²) < 4.78 is 5.46. The molecular weight excluding hydrogens is 342 g/mol. The largest absolute Gasteiger partial charge is 0.507 e. The number of methoxy groups -OCH3 is 1. The third-order valence-electron chi connectivity index (χ3n) is 4.77. The maximum atomic E-state index is 12.8. The van der Waals surface area contributed by atoms with Crippen molar-refractivity contribution in [3.8, 4) is 5.75 Å². The summed E-state index contributed by atoms with van der Waals surface area (Å²) in [5.74, 6) is -0.839. The zero-order chi connectivity index (χ0) is 19.4. The predicted octanol–water partition coefficient (Wildman–Crippen LogP) is 3.92. The fourth-order valence-corrected chi connectivity index (χ4v) is 3.41. The van der Waals surface area contributed by atoms with Gasteiger partial charge in [0.05, 0.1) is 18.7 Å². The van der Waals surface area contributed by atoms with Gasteiger partial charge in [-0.15, -0.1) is 0 Å². The Hall–Kier alpha value is -3.08. The Morgan fingerprint density at radius 3 is 2.41 bits per heavy atom. The van der Waals surface area contributed by atoms with E-state index in [9.17, 15) is 14.7 Å². The van der Waals surface area contributed by atoms with Crippen molar-refractivity contribution in [3.63, 3.8) is 0 Å². The van der Waals surface area contributed by atoms with Crippen LogP contribution in [0.5, 0.6) is 5.75 Å². The van der Waals surface area contributed by atoms with Crippen molar-refractivity contribution in [3.05, 3.63) is 71.3 Å². The van der Waals surface area contributed by atoms with Gasteiger partial charge in [0.2, 0.25) is 0 Å². The zero-order valence-corrected chi connectivity index (χ0v) is 15.5. The van der Waals surface area contributed by atoms with Gasteiger partial charge in [0, 0.05) is 17.7 Å².